The highest BCUT2D eigenvalue weighted by molar-refractivity contribution is 6.28. The Morgan fingerprint density at radius 2 is 1.79 bits per heavy atom. The Morgan fingerprint density at radius 1 is 1.11 bits per heavy atom. The zero-order valence-electron chi connectivity index (χ0n) is 10.2. The van der Waals surface area contributed by atoms with Crippen molar-refractivity contribution in [3.63, 3.8) is 0 Å². The first-order chi connectivity index (χ1) is 8.79. The van der Waals surface area contributed by atoms with Crippen molar-refractivity contribution in [2.75, 3.05) is 0 Å². The first kappa shape index (κ1) is 13.8. The van der Waals surface area contributed by atoms with E-state index in [1.165, 1.54) is 6.07 Å². The minimum Gasteiger partial charge on any atom is -0.226 e. The third-order valence-corrected chi connectivity index (χ3v) is 2.93. The van der Waals surface area contributed by atoms with Crippen LogP contribution in [0.1, 0.15) is 16.7 Å². The fourth-order valence-corrected chi connectivity index (χ4v) is 1.93. The van der Waals surface area contributed by atoms with E-state index in [-0.39, 0.29) is 5.28 Å². The molecule has 0 N–H and O–H groups in total. The van der Waals surface area contributed by atoms with E-state index in [1.807, 2.05) is 0 Å². The summed E-state index contributed by atoms with van der Waals surface area (Å²) in [6, 6.07) is 3.55. The minimum absolute atomic E-state index is 0.0693. The lowest BCUT2D eigenvalue weighted by atomic mass is 10.00. The molecule has 0 unspecified atom stereocenters. The Morgan fingerprint density at radius 3 is 2.37 bits per heavy atom. The Labute approximate surface area is 113 Å². The maximum Gasteiger partial charge on any atom is 0.416 e. The zero-order valence-corrected chi connectivity index (χ0v) is 11.0. The lowest BCUT2D eigenvalue weighted by molar-refractivity contribution is -0.137. The molecule has 0 saturated heterocycles. The molecular formula is C13H10ClF3N2. The average Bonchev–Trinajstić information content (AvgIpc) is 2.31. The molecule has 0 aliphatic rings. The molecule has 0 radical (unpaired) electrons. The summed E-state index contributed by atoms with van der Waals surface area (Å²) in [6.07, 6.45) is -2.80. The fraction of sp³-hybridized carbons (Fsp3) is 0.231. The van der Waals surface area contributed by atoms with Gasteiger partial charge in [-0.15, -0.1) is 0 Å². The Kier molecular flexibility index (Phi) is 3.49. The third-order valence-electron chi connectivity index (χ3n) is 2.75. The summed E-state index contributed by atoms with van der Waals surface area (Å²) < 4.78 is 37.8. The quantitative estimate of drug-likeness (QED) is 0.725. The predicted molar refractivity (Wildman–Crippen MR) is 67.0 cm³/mol. The standard InChI is InChI=1S/C13H10ClF3N2/c1-7-5-9(13(15,16)17)3-4-10(7)11-8(2)6-18-12(14)19-11/h3-6H,1-2H3. The van der Waals surface area contributed by atoms with E-state index >= 15 is 0 Å². The smallest absolute Gasteiger partial charge is 0.226 e. The number of hydrogen-bond donors (Lipinski definition) is 0. The first-order valence-electron chi connectivity index (χ1n) is 5.46. The molecule has 0 bridgehead atoms. The number of hydrogen-bond acceptors (Lipinski definition) is 2. The molecule has 100 valence electrons. The van der Waals surface area contributed by atoms with Crippen molar-refractivity contribution in [2.45, 2.75) is 20.0 Å². The van der Waals surface area contributed by atoms with Gasteiger partial charge in [-0.05, 0) is 48.7 Å². The molecule has 0 atom stereocenters. The van der Waals surface area contributed by atoms with Crippen LogP contribution in [0.4, 0.5) is 13.2 Å². The Balaban J connectivity index is 2.55. The van der Waals surface area contributed by atoms with Gasteiger partial charge in [-0.2, -0.15) is 13.2 Å². The Bertz CT molecular complexity index is 624. The third kappa shape index (κ3) is 2.87. The summed E-state index contributed by atoms with van der Waals surface area (Å²) in [5, 5.41) is 0.0693. The second-order valence-electron chi connectivity index (χ2n) is 4.20. The molecule has 2 aromatic rings. The molecule has 1 aromatic carbocycles. The van der Waals surface area contributed by atoms with Crippen LogP contribution in [-0.2, 0) is 6.18 Å². The summed E-state index contributed by atoms with van der Waals surface area (Å²) in [7, 11) is 0. The van der Waals surface area contributed by atoms with Crippen LogP contribution in [-0.4, -0.2) is 9.97 Å². The highest BCUT2D eigenvalue weighted by atomic mass is 35.5. The molecule has 0 saturated carbocycles. The van der Waals surface area contributed by atoms with Gasteiger partial charge >= 0.3 is 6.18 Å². The Hall–Kier alpha value is -1.62. The number of rotatable bonds is 1. The maximum atomic E-state index is 12.6. The van der Waals surface area contributed by atoms with Crippen molar-refractivity contribution in [3.05, 3.63) is 46.4 Å². The molecule has 2 nitrogen and oxygen atoms in total. The summed E-state index contributed by atoms with van der Waals surface area (Å²) >= 11 is 5.72. The molecular weight excluding hydrogens is 277 g/mol. The van der Waals surface area contributed by atoms with E-state index in [2.05, 4.69) is 9.97 Å². The van der Waals surface area contributed by atoms with Gasteiger partial charge in [0.1, 0.15) is 0 Å². The van der Waals surface area contributed by atoms with Crippen molar-refractivity contribution < 1.29 is 13.2 Å². The molecule has 0 aliphatic heterocycles. The number of aromatic nitrogens is 2. The number of benzene rings is 1. The van der Waals surface area contributed by atoms with Crippen molar-refractivity contribution in [1.82, 2.24) is 9.97 Å². The van der Waals surface area contributed by atoms with Crippen LogP contribution < -0.4 is 0 Å². The van der Waals surface area contributed by atoms with Gasteiger partial charge in [0.25, 0.3) is 0 Å². The lowest BCUT2D eigenvalue weighted by Crippen LogP contribution is -2.05. The van der Waals surface area contributed by atoms with E-state index in [1.54, 1.807) is 20.0 Å². The SMILES string of the molecule is Cc1cc(C(F)(F)F)ccc1-c1nc(Cl)ncc1C. The van der Waals surface area contributed by atoms with Crippen LogP contribution in [0.25, 0.3) is 11.3 Å². The maximum absolute atomic E-state index is 12.6. The molecule has 6 heteroatoms. The molecule has 2 rings (SSSR count). The first-order valence-corrected chi connectivity index (χ1v) is 5.84. The summed E-state index contributed by atoms with van der Waals surface area (Å²) in [5.74, 6) is 0. The largest absolute Gasteiger partial charge is 0.416 e. The van der Waals surface area contributed by atoms with E-state index in [0.717, 1.165) is 17.7 Å². The molecule has 0 fully saturated rings. The van der Waals surface area contributed by atoms with Crippen molar-refractivity contribution in [1.29, 1.82) is 0 Å². The normalized spacial score (nSPS) is 11.7. The molecule has 19 heavy (non-hydrogen) atoms. The van der Waals surface area contributed by atoms with Crippen LogP contribution >= 0.6 is 11.6 Å². The summed E-state index contributed by atoms with van der Waals surface area (Å²) in [6.45, 7) is 3.39. The van der Waals surface area contributed by atoms with Crippen LogP contribution in [0.3, 0.4) is 0 Å². The van der Waals surface area contributed by atoms with Gasteiger partial charge in [0, 0.05) is 11.8 Å². The van der Waals surface area contributed by atoms with Gasteiger partial charge < -0.3 is 0 Å². The molecule has 1 heterocycles. The second kappa shape index (κ2) is 4.81. The number of aryl methyl sites for hydroxylation is 2. The fourth-order valence-electron chi connectivity index (χ4n) is 1.80. The van der Waals surface area contributed by atoms with E-state index < -0.39 is 11.7 Å². The zero-order chi connectivity index (χ0) is 14.2. The highest BCUT2D eigenvalue weighted by Crippen LogP contribution is 2.33. The molecule has 0 aliphatic carbocycles. The van der Waals surface area contributed by atoms with Crippen molar-refractivity contribution >= 4 is 11.6 Å². The van der Waals surface area contributed by atoms with Crippen molar-refractivity contribution in [2.24, 2.45) is 0 Å². The molecule has 1 aromatic heterocycles. The topological polar surface area (TPSA) is 25.8 Å². The van der Waals surface area contributed by atoms with Crippen LogP contribution in [0.15, 0.2) is 24.4 Å². The van der Waals surface area contributed by atoms with Gasteiger partial charge in [0.05, 0.1) is 11.3 Å². The van der Waals surface area contributed by atoms with Crippen LogP contribution in [0, 0.1) is 13.8 Å². The molecule has 0 spiro atoms. The minimum atomic E-state index is -4.35. The van der Waals surface area contributed by atoms with Crippen LogP contribution in [0.5, 0.6) is 0 Å². The summed E-state index contributed by atoms with van der Waals surface area (Å²) in [5.41, 5.74) is 1.74. The van der Waals surface area contributed by atoms with E-state index in [0.29, 0.717) is 16.8 Å². The van der Waals surface area contributed by atoms with Gasteiger partial charge in [0.15, 0.2) is 0 Å². The second-order valence-corrected chi connectivity index (χ2v) is 4.54. The van der Waals surface area contributed by atoms with E-state index in [4.69, 9.17) is 11.6 Å². The van der Waals surface area contributed by atoms with Crippen LogP contribution in [0.2, 0.25) is 5.28 Å². The van der Waals surface area contributed by atoms with Gasteiger partial charge in [-0.1, -0.05) is 6.07 Å². The van der Waals surface area contributed by atoms with Gasteiger partial charge in [0.2, 0.25) is 5.28 Å². The molecule has 0 amide bonds. The monoisotopic (exact) mass is 286 g/mol. The number of halogens is 4. The van der Waals surface area contributed by atoms with Crippen molar-refractivity contribution in [3.8, 4) is 11.3 Å². The van der Waals surface area contributed by atoms with Gasteiger partial charge in [-0.3, -0.25) is 0 Å². The number of alkyl halides is 3. The summed E-state index contributed by atoms with van der Waals surface area (Å²) in [4.78, 5) is 7.89. The average molecular weight is 287 g/mol. The highest BCUT2D eigenvalue weighted by Gasteiger charge is 2.30. The predicted octanol–water partition coefficient (Wildman–Crippen LogP) is 4.43. The van der Waals surface area contributed by atoms with E-state index in [9.17, 15) is 13.2 Å². The lowest BCUT2D eigenvalue weighted by Gasteiger charge is -2.12. The van der Waals surface area contributed by atoms with Gasteiger partial charge in [-0.25, -0.2) is 9.97 Å². The number of nitrogens with zero attached hydrogens (tertiary/aromatic N) is 2.